The summed E-state index contributed by atoms with van der Waals surface area (Å²) < 4.78 is 5.71. The fraction of sp³-hybridized carbons (Fsp3) is 0.545. The summed E-state index contributed by atoms with van der Waals surface area (Å²) in [4.78, 5) is 28.9. The molecule has 4 fully saturated rings. The average Bonchev–Trinajstić information content (AvgIpc) is 3.04. The van der Waals surface area contributed by atoms with Gasteiger partial charge in [0.15, 0.2) is 6.10 Å². The largest absolute Gasteiger partial charge is 0.454 e. The number of Topliss-reactive ketones (excluding diaryl/α,β-unsaturated/α-hetero) is 1. The predicted octanol–water partition coefficient (Wildman–Crippen LogP) is 4.35. The monoisotopic (exact) mass is 351 g/mol. The molecule has 0 aliphatic heterocycles. The van der Waals surface area contributed by atoms with Crippen LogP contribution in [0.5, 0.6) is 0 Å². The maximum absolute atomic E-state index is 12.9. The van der Waals surface area contributed by atoms with Crippen LogP contribution in [0.15, 0.2) is 30.5 Å². The molecule has 0 unspecified atom stereocenters. The molecule has 4 aliphatic carbocycles. The van der Waals surface area contributed by atoms with Crippen molar-refractivity contribution in [3.05, 3.63) is 36.0 Å². The van der Waals surface area contributed by atoms with E-state index in [1.807, 2.05) is 24.3 Å². The number of hydrogen-bond donors (Lipinski definition) is 1. The smallest absolute Gasteiger partial charge is 0.310 e. The fourth-order valence-corrected chi connectivity index (χ4v) is 6.11. The van der Waals surface area contributed by atoms with Crippen LogP contribution in [0.2, 0.25) is 0 Å². The highest BCUT2D eigenvalue weighted by molar-refractivity contribution is 6.10. The van der Waals surface area contributed by atoms with Gasteiger partial charge in [0, 0.05) is 22.7 Å². The molecule has 1 atom stereocenters. The molecular weight excluding hydrogens is 326 g/mol. The van der Waals surface area contributed by atoms with Crippen LogP contribution >= 0.6 is 0 Å². The van der Waals surface area contributed by atoms with Gasteiger partial charge in [0.25, 0.3) is 0 Å². The second-order valence-corrected chi connectivity index (χ2v) is 8.65. The Morgan fingerprint density at radius 3 is 2.38 bits per heavy atom. The molecule has 6 rings (SSSR count). The highest BCUT2D eigenvalue weighted by atomic mass is 16.5. The van der Waals surface area contributed by atoms with E-state index in [2.05, 4.69) is 4.98 Å². The average molecular weight is 351 g/mol. The molecule has 1 N–H and O–H groups in total. The summed E-state index contributed by atoms with van der Waals surface area (Å²) in [7, 11) is 0. The predicted molar refractivity (Wildman–Crippen MR) is 98.7 cm³/mol. The van der Waals surface area contributed by atoms with Crippen molar-refractivity contribution < 1.29 is 14.3 Å². The summed E-state index contributed by atoms with van der Waals surface area (Å²) in [5.74, 6) is 2.36. The van der Waals surface area contributed by atoms with E-state index in [1.54, 1.807) is 13.1 Å². The van der Waals surface area contributed by atoms with Gasteiger partial charge in [-0.1, -0.05) is 18.2 Å². The van der Waals surface area contributed by atoms with Crippen LogP contribution in [-0.2, 0) is 9.53 Å². The third kappa shape index (κ3) is 2.50. The SMILES string of the molecule is C[C@H](OC(=O)C1C2CC3CC(C2)CC1C3)C(=O)c1c[nH]c2ccccc12. The summed E-state index contributed by atoms with van der Waals surface area (Å²) in [6.07, 6.45) is 7.06. The highest BCUT2D eigenvalue weighted by Crippen LogP contribution is 2.56. The standard InChI is InChI=1S/C22H25NO3/c1-12(21(24)18-11-23-19-5-3-2-4-17(18)19)26-22(25)20-15-7-13-6-14(9-15)10-16(20)8-13/h2-5,11-16,20,23H,6-10H2,1H3/t12-,13?,14?,15?,16?,20?/m0/s1. The van der Waals surface area contributed by atoms with Gasteiger partial charge < -0.3 is 9.72 Å². The minimum Gasteiger partial charge on any atom is -0.454 e. The number of benzene rings is 1. The van der Waals surface area contributed by atoms with Crippen LogP contribution in [0.1, 0.15) is 49.4 Å². The minimum atomic E-state index is -0.737. The zero-order valence-electron chi connectivity index (χ0n) is 15.1. The second kappa shape index (κ2) is 5.97. The molecule has 1 heterocycles. The molecule has 1 aromatic heterocycles. The lowest BCUT2D eigenvalue weighted by atomic mass is 9.52. The Morgan fingerprint density at radius 2 is 1.69 bits per heavy atom. The molecule has 2 aromatic rings. The lowest BCUT2D eigenvalue weighted by Crippen LogP contribution is -2.49. The quantitative estimate of drug-likeness (QED) is 0.658. The molecule has 4 heteroatoms. The topological polar surface area (TPSA) is 59.2 Å². The first kappa shape index (κ1) is 16.1. The molecule has 4 bridgehead atoms. The molecule has 0 radical (unpaired) electrons. The van der Waals surface area contributed by atoms with Gasteiger partial charge >= 0.3 is 5.97 Å². The molecule has 0 saturated heterocycles. The Hall–Kier alpha value is -2.10. The number of hydrogen-bond acceptors (Lipinski definition) is 3. The summed E-state index contributed by atoms with van der Waals surface area (Å²) in [6, 6.07) is 7.71. The lowest BCUT2D eigenvalue weighted by Gasteiger charge is -2.53. The third-order valence-corrected chi connectivity index (χ3v) is 7.02. The molecule has 0 spiro atoms. The number of ether oxygens (including phenoxy) is 1. The number of esters is 1. The van der Waals surface area contributed by atoms with Crippen LogP contribution in [-0.4, -0.2) is 22.8 Å². The molecular formula is C22H25NO3. The lowest BCUT2D eigenvalue weighted by molar-refractivity contribution is -0.165. The molecule has 1 aromatic carbocycles. The molecule has 0 amide bonds. The van der Waals surface area contributed by atoms with Crippen molar-refractivity contribution in [3.63, 3.8) is 0 Å². The number of aromatic nitrogens is 1. The molecule has 26 heavy (non-hydrogen) atoms. The van der Waals surface area contributed by atoms with Crippen molar-refractivity contribution >= 4 is 22.7 Å². The van der Waals surface area contributed by atoms with E-state index in [9.17, 15) is 9.59 Å². The second-order valence-electron chi connectivity index (χ2n) is 8.65. The Balaban J connectivity index is 1.31. The van der Waals surface area contributed by atoms with E-state index in [4.69, 9.17) is 4.74 Å². The van der Waals surface area contributed by atoms with E-state index in [1.165, 1.54) is 32.1 Å². The Bertz CT molecular complexity index is 839. The van der Waals surface area contributed by atoms with E-state index in [-0.39, 0.29) is 17.7 Å². The third-order valence-electron chi connectivity index (χ3n) is 7.02. The van der Waals surface area contributed by atoms with Crippen LogP contribution in [0.25, 0.3) is 10.9 Å². The van der Waals surface area contributed by atoms with Gasteiger partial charge in [0.05, 0.1) is 5.92 Å². The number of carbonyl (C=O) groups is 2. The number of H-pyrrole nitrogens is 1. The first-order chi connectivity index (χ1) is 12.6. The van der Waals surface area contributed by atoms with E-state index < -0.39 is 6.10 Å². The number of nitrogens with one attached hydrogen (secondary N) is 1. The molecule has 4 saturated carbocycles. The summed E-state index contributed by atoms with van der Waals surface area (Å²) >= 11 is 0. The molecule has 4 nitrogen and oxygen atoms in total. The zero-order valence-corrected chi connectivity index (χ0v) is 15.1. The minimum absolute atomic E-state index is 0.0148. The van der Waals surface area contributed by atoms with Crippen molar-refractivity contribution in [2.75, 3.05) is 0 Å². The van der Waals surface area contributed by atoms with Crippen molar-refractivity contribution in [1.29, 1.82) is 0 Å². The van der Waals surface area contributed by atoms with Gasteiger partial charge in [-0.05, 0) is 68.8 Å². The Labute approximate surface area is 153 Å². The van der Waals surface area contributed by atoms with E-state index in [0.717, 1.165) is 22.7 Å². The number of carbonyl (C=O) groups excluding carboxylic acids is 2. The number of rotatable bonds is 4. The summed E-state index contributed by atoms with van der Waals surface area (Å²) in [5, 5.41) is 0.884. The van der Waals surface area contributed by atoms with Crippen LogP contribution < -0.4 is 0 Å². The van der Waals surface area contributed by atoms with Crippen LogP contribution in [0, 0.1) is 29.6 Å². The Morgan fingerprint density at radius 1 is 1.04 bits per heavy atom. The van der Waals surface area contributed by atoms with Crippen molar-refractivity contribution in [2.45, 2.75) is 45.1 Å². The van der Waals surface area contributed by atoms with Gasteiger partial charge in [-0.3, -0.25) is 9.59 Å². The van der Waals surface area contributed by atoms with E-state index >= 15 is 0 Å². The summed E-state index contributed by atoms with van der Waals surface area (Å²) in [6.45, 7) is 1.71. The van der Waals surface area contributed by atoms with Crippen molar-refractivity contribution in [1.82, 2.24) is 4.98 Å². The first-order valence-electron chi connectivity index (χ1n) is 9.91. The molecule has 4 aliphatic rings. The van der Waals surface area contributed by atoms with Gasteiger partial charge in [0.2, 0.25) is 5.78 Å². The van der Waals surface area contributed by atoms with E-state index in [0.29, 0.717) is 17.4 Å². The highest BCUT2D eigenvalue weighted by Gasteiger charge is 2.51. The van der Waals surface area contributed by atoms with Gasteiger partial charge in [-0.15, -0.1) is 0 Å². The Kier molecular flexibility index (Phi) is 3.70. The van der Waals surface area contributed by atoms with Gasteiger partial charge in [-0.25, -0.2) is 0 Å². The zero-order chi connectivity index (χ0) is 17.8. The number of fused-ring (bicyclic) bond motifs is 1. The fourth-order valence-electron chi connectivity index (χ4n) is 6.11. The van der Waals surface area contributed by atoms with Gasteiger partial charge in [0.1, 0.15) is 0 Å². The van der Waals surface area contributed by atoms with Crippen molar-refractivity contribution in [3.8, 4) is 0 Å². The maximum Gasteiger partial charge on any atom is 0.310 e. The summed E-state index contributed by atoms with van der Waals surface area (Å²) in [5.41, 5.74) is 1.53. The van der Waals surface area contributed by atoms with Crippen LogP contribution in [0.4, 0.5) is 0 Å². The number of ketones is 1. The first-order valence-corrected chi connectivity index (χ1v) is 9.91. The normalized spacial score (nSPS) is 33.3. The maximum atomic E-state index is 12.9. The molecule has 136 valence electrons. The van der Waals surface area contributed by atoms with Crippen LogP contribution in [0.3, 0.4) is 0 Å². The van der Waals surface area contributed by atoms with Crippen molar-refractivity contribution in [2.24, 2.45) is 29.6 Å². The number of para-hydroxylation sites is 1. The number of aromatic amines is 1. The van der Waals surface area contributed by atoms with Gasteiger partial charge in [-0.2, -0.15) is 0 Å².